The molecule has 0 saturated heterocycles. The first-order valence-electron chi connectivity index (χ1n) is 15.4. The topological polar surface area (TPSA) is 62.0 Å². The van der Waals surface area contributed by atoms with Gasteiger partial charge < -0.3 is 25.2 Å². The predicted octanol–water partition coefficient (Wildman–Crippen LogP) is 4.90. The summed E-state index contributed by atoms with van der Waals surface area (Å²) in [5.41, 5.74) is 18.1. The Hall–Kier alpha value is -3.51. The molecule has 3 aromatic carbocycles. The number of hydrogen-bond donors (Lipinski definition) is 1. The maximum atomic E-state index is 14.3. The van der Waals surface area contributed by atoms with E-state index in [1.54, 1.807) is 0 Å². The van der Waals surface area contributed by atoms with Gasteiger partial charge in [-0.3, -0.25) is 4.79 Å². The van der Waals surface area contributed by atoms with Crippen LogP contribution in [0.15, 0.2) is 36.4 Å². The Morgan fingerprint density at radius 3 is 1.88 bits per heavy atom. The number of benzene rings is 3. The van der Waals surface area contributed by atoms with Crippen LogP contribution in [0.4, 0.5) is 11.4 Å². The zero-order valence-corrected chi connectivity index (χ0v) is 23.1. The molecule has 0 radical (unpaired) electrons. The molecule has 204 valence electrons. The molecule has 0 aliphatic carbocycles. The van der Waals surface area contributed by atoms with Crippen molar-refractivity contribution in [3.05, 3.63) is 80.9 Å². The van der Waals surface area contributed by atoms with Crippen LogP contribution < -0.4 is 20.3 Å². The minimum absolute atomic E-state index is 0.0841. The van der Waals surface area contributed by atoms with Gasteiger partial charge in [0.15, 0.2) is 0 Å². The molecule has 3 aromatic rings. The van der Waals surface area contributed by atoms with Gasteiger partial charge in [0.25, 0.3) is 5.91 Å². The smallest absolute Gasteiger partial charge is 0.255 e. The van der Waals surface area contributed by atoms with Gasteiger partial charge in [-0.1, -0.05) is 18.2 Å². The molecule has 0 bridgehead atoms. The van der Waals surface area contributed by atoms with Gasteiger partial charge in [-0.25, -0.2) is 0 Å². The minimum Gasteiger partial charge on any atom is -0.456 e. The molecule has 6 nitrogen and oxygen atoms in total. The Bertz CT molecular complexity index is 1520. The van der Waals surface area contributed by atoms with E-state index in [0.29, 0.717) is 13.1 Å². The molecule has 0 atom stereocenters. The number of aryl methyl sites for hydroxylation is 2. The summed E-state index contributed by atoms with van der Waals surface area (Å²) in [6.07, 6.45) is 8.81. The number of nitrogens with zero attached hydrogens (tertiary/aromatic N) is 3. The van der Waals surface area contributed by atoms with Gasteiger partial charge in [0.05, 0.1) is 0 Å². The largest absolute Gasteiger partial charge is 0.456 e. The molecule has 0 fully saturated rings. The van der Waals surface area contributed by atoms with Crippen LogP contribution in [0.2, 0.25) is 0 Å². The lowest BCUT2D eigenvalue weighted by molar-refractivity contribution is 0.0672. The number of nitrogens with two attached hydrogens (primary N) is 1. The van der Waals surface area contributed by atoms with E-state index >= 15 is 0 Å². The lowest BCUT2D eigenvalue weighted by atomic mass is 9.70. The first-order valence-corrected chi connectivity index (χ1v) is 15.4. The number of rotatable bonds is 2. The van der Waals surface area contributed by atoms with Crippen molar-refractivity contribution >= 4 is 17.3 Å². The molecule has 1 spiro atoms. The Morgan fingerprint density at radius 1 is 0.750 bits per heavy atom. The van der Waals surface area contributed by atoms with E-state index in [-0.39, 0.29) is 5.91 Å². The second-order valence-corrected chi connectivity index (χ2v) is 12.5. The molecular formula is C34H36N4O2. The van der Waals surface area contributed by atoms with Gasteiger partial charge in [-0.15, -0.1) is 0 Å². The highest BCUT2D eigenvalue weighted by atomic mass is 16.5. The molecule has 2 N–H and O–H groups in total. The first-order chi connectivity index (χ1) is 19.7. The highest BCUT2D eigenvalue weighted by molar-refractivity contribution is 6.03. The number of ether oxygens (including phenoxy) is 1. The maximum absolute atomic E-state index is 14.3. The van der Waals surface area contributed by atoms with Gasteiger partial charge in [-0.2, -0.15) is 0 Å². The Morgan fingerprint density at radius 2 is 1.30 bits per heavy atom. The van der Waals surface area contributed by atoms with E-state index in [4.69, 9.17) is 10.5 Å². The third-order valence-electron chi connectivity index (χ3n) is 10.5. The average Bonchev–Trinajstić information content (AvgIpc) is 3.23. The van der Waals surface area contributed by atoms with Crippen LogP contribution in [-0.2, 0) is 31.2 Å². The third-order valence-corrected chi connectivity index (χ3v) is 10.5. The number of anilines is 2. The van der Waals surface area contributed by atoms with Gasteiger partial charge in [0, 0.05) is 78.5 Å². The minimum atomic E-state index is -0.730. The molecule has 0 aromatic heterocycles. The van der Waals surface area contributed by atoms with E-state index in [1.807, 2.05) is 12.1 Å². The number of hydrogen-bond acceptors (Lipinski definition) is 5. The molecule has 6 heteroatoms. The van der Waals surface area contributed by atoms with E-state index in [2.05, 4.69) is 39.0 Å². The summed E-state index contributed by atoms with van der Waals surface area (Å²) in [6, 6.07) is 13.1. The van der Waals surface area contributed by atoms with Crippen LogP contribution in [-0.4, -0.2) is 50.1 Å². The Balaban J connectivity index is 1.44. The molecule has 0 saturated carbocycles. The summed E-state index contributed by atoms with van der Waals surface area (Å²) in [6.45, 7) is 5.40. The molecule has 40 heavy (non-hydrogen) atoms. The summed E-state index contributed by atoms with van der Waals surface area (Å²) in [4.78, 5) is 21.6. The fraction of sp³-hybridized carbons (Fsp3) is 0.441. The third kappa shape index (κ3) is 2.76. The lowest BCUT2D eigenvalue weighted by Crippen LogP contribution is -2.50. The molecule has 6 heterocycles. The van der Waals surface area contributed by atoms with E-state index in [0.717, 1.165) is 98.5 Å². The van der Waals surface area contributed by atoms with E-state index in [9.17, 15) is 4.79 Å². The normalized spacial score (nSPS) is 20.9. The summed E-state index contributed by atoms with van der Waals surface area (Å²) >= 11 is 0. The quantitative estimate of drug-likeness (QED) is 0.509. The molecule has 0 unspecified atom stereocenters. The fourth-order valence-corrected chi connectivity index (χ4v) is 9.09. The predicted molar refractivity (Wildman–Crippen MR) is 157 cm³/mol. The maximum Gasteiger partial charge on any atom is 0.255 e. The van der Waals surface area contributed by atoms with Gasteiger partial charge >= 0.3 is 0 Å². The highest BCUT2D eigenvalue weighted by Crippen LogP contribution is 2.62. The van der Waals surface area contributed by atoms with Crippen LogP contribution in [0.25, 0.3) is 0 Å². The van der Waals surface area contributed by atoms with Crippen LogP contribution in [0.3, 0.4) is 0 Å². The van der Waals surface area contributed by atoms with Crippen molar-refractivity contribution in [2.75, 3.05) is 49.1 Å². The fourth-order valence-electron chi connectivity index (χ4n) is 9.09. The number of amides is 1. The zero-order chi connectivity index (χ0) is 26.6. The second-order valence-electron chi connectivity index (χ2n) is 12.5. The SMILES string of the molecule is NCCN1C(=O)c2ccccc2C12c1cc3c4c(c1Oc1c2cc2c5c1CCCN5CCC2)CCCN4CCC3. The zero-order valence-electron chi connectivity index (χ0n) is 23.1. The molecular weight excluding hydrogens is 496 g/mol. The molecule has 1 amide bonds. The summed E-state index contributed by atoms with van der Waals surface area (Å²) in [5, 5.41) is 0. The lowest BCUT2D eigenvalue weighted by Gasteiger charge is -2.49. The summed E-state index contributed by atoms with van der Waals surface area (Å²) < 4.78 is 7.26. The molecule has 6 aliphatic rings. The van der Waals surface area contributed by atoms with Crippen molar-refractivity contribution in [1.29, 1.82) is 0 Å². The highest BCUT2D eigenvalue weighted by Gasteiger charge is 2.57. The second kappa shape index (κ2) is 8.26. The summed E-state index contributed by atoms with van der Waals surface area (Å²) in [7, 11) is 0. The van der Waals surface area contributed by atoms with Crippen LogP contribution in [0, 0.1) is 0 Å². The number of carbonyl (C=O) groups is 1. The van der Waals surface area contributed by atoms with E-state index in [1.165, 1.54) is 46.5 Å². The average molecular weight is 533 g/mol. The first kappa shape index (κ1) is 23.2. The monoisotopic (exact) mass is 532 g/mol. The van der Waals surface area contributed by atoms with Crippen molar-refractivity contribution in [3.8, 4) is 11.5 Å². The van der Waals surface area contributed by atoms with Crippen LogP contribution in [0.1, 0.15) is 75.0 Å². The standard InChI is InChI=1S/C34H36N4O2/c35-13-18-38-33(39)23-9-1-2-12-26(23)34(38)27-19-21-7-3-14-36-16-5-10-24(29(21)36)31(27)40-32-25-11-6-17-37-15-4-8-22(30(25)37)20-28(32)34/h1-2,9,12,19-20H,3-8,10-11,13-18,35H2. The Kier molecular flexibility index (Phi) is 4.80. The van der Waals surface area contributed by atoms with Crippen molar-refractivity contribution in [2.45, 2.75) is 56.9 Å². The van der Waals surface area contributed by atoms with Crippen molar-refractivity contribution < 1.29 is 9.53 Å². The van der Waals surface area contributed by atoms with Crippen LogP contribution >= 0.6 is 0 Å². The van der Waals surface area contributed by atoms with E-state index < -0.39 is 5.54 Å². The van der Waals surface area contributed by atoms with Gasteiger partial charge in [-0.05, 0) is 86.3 Å². The number of fused-ring (bicyclic) bond motifs is 8. The Labute approximate surface area is 235 Å². The van der Waals surface area contributed by atoms with Crippen molar-refractivity contribution in [2.24, 2.45) is 5.73 Å². The van der Waals surface area contributed by atoms with Crippen LogP contribution in [0.5, 0.6) is 11.5 Å². The molecule has 9 rings (SSSR count). The summed E-state index contributed by atoms with van der Waals surface area (Å²) in [5.74, 6) is 2.10. The van der Waals surface area contributed by atoms with Crippen molar-refractivity contribution in [1.82, 2.24) is 4.90 Å². The van der Waals surface area contributed by atoms with Gasteiger partial charge in [0.2, 0.25) is 0 Å². The van der Waals surface area contributed by atoms with Crippen molar-refractivity contribution in [3.63, 3.8) is 0 Å². The molecule has 6 aliphatic heterocycles. The number of carbonyl (C=O) groups excluding carboxylic acids is 1. The van der Waals surface area contributed by atoms with Gasteiger partial charge in [0.1, 0.15) is 17.0 Å².